The Labute approximate surface area is 148 Å². The van der Waals surface area contributed by atoms with Crippen LogP contribution < -0.4 is 16.4 Å². The molecular weight excluding hydrogens is 374 g/mol. The van der Waals surface area contributed by atoms with Crippen LogP contribution in [0.4, 0.5) is 5.69 Å². The lowest BCUT2D eigenvalue weighted by Crippen LogP contribution is -2.58. The topological polar surface area (TPSA) is 106 Å². The summed E-state index contributed by atoms with van der Waals surface area (Å²) in [5.74, 6) is 0.0787. The summed E-state index contributed by atoms with van der Waals surface area (Å²) in [4.78, 5) is 22.6. The van der Waals surface area contributed by atoms with Gasteiger partial charge in [0.2, 0.25) is 11.9 Å². The maximum atomic E-state index is 11.9. The molecule has 0 atom stereocenters. The molecule has 1 aromatic rings. The second kappa shape index (κ2) is 6.43. The SMILES string of the molecule is COC(=O)c1ccc(Br)c(N2C(N)=NC(N)=NC23CCCCC3)c1. The van der Waals surface area contributed by atoms with Crippen LogP contribution in [0.2, 0.25) is 0 Å². The lowest BCUT2D eigenvalue weighted by molar-refractivity contribution is 0.0600. The zero-order valence-corrected chi connectivity index (χ0v) is 15.0. The van der Waals surface area contributed by atoms with Gasteiger partial charge < -0.3 is 16.2 Å². The van der Waals surface area contributed by atoms with Crippen molar-refractivity contribution in [1.29, 1.82) is 0 Å². The van der Waals surface area contributed by atoms with Gasteiger partial charge in [-0.05, 0) is 59.8 Å². The minimum atomic E-state index is -0.550. The molecule has 8 heteroatoms. The van der Waals surface area contributed by atoms with E-state index in [4.69, 9.17) is 16.2 Å². The molecule has 3 rings (SSSR count). The van der Waals surface area contributed by atoms with Gasteiger partial charge in [0.05, 0.1) is 18.4 Å². The highest BCUT2D eigenvalue weighted by Gasteiger charge is 2.43. The first-order valence-corrected chi connectivity index (χ1v) is 8.64. The second-order valence-corrected chi connectivity index (χ2v) is 6.83. The summed E-state index contributed by atoms with van der Waals surface area (Å²) < 4.78 is 5.62. The van der Waals surface area contributed by atoms with E-state index in [1.165, 1.54) is 7.11 Å². The summed E-state index contributed by atoms with van der Waals surface area (Å²) in [6, 6.07) is 5.24. The summed E-state index contributed by atoms with van der Waals surface area (Å²) in [7, 11) is 1.36. The van der Waals surface area contributed by atoms with E-state index in [9.17, 15) is 4.79 Å². The van der Waals surface area contributed by atoms with Crippen molar-refractivity contribution >= 4 is 39.5 Å². The number of nitrogens with two attached hydrogens (primary N) is 2. The quantitative estimate of drug-likeness (QED) is 0.749. The number of carbonyl (C=O) groups excluding carboxylic acids is 1. The summed E-state index contributed by atoms with van der Waals surface area (Å²) in [5.41, 5.74) is 12.7. The lowest BCUT2D eigenvalue weighted by atomic mass is 9.87. The van der Waals surface area contributed by atoms with Crippen molar-refractivity contribution in [2.45, 2.75) is 37.8 Å². The molecule has 0 saturated heterocycles. The van der Waals surface area contributed by atoms with E-state index < -0.39 is 11.6 Å². The number of nitrogens with zero attached hydrogens (tertiary/aromatic N) is 3. The predicted octanol–water partition coefficient (Wildman–Crippen LogP) is 2.35. The third-order valence-electron chi connectivity index (χ3n) is 4.46. The van der Waals surface area contributed by atoms with Crippen molar-refractivity contribution in [2.75, 3.05) is 12.0 Å². The van der Waals surface area contributed by atoms with Gasteiger partial charge in [-0.25, -0.2) is 9.79 Å². The van der Waals surface area contributed by atoms with E-state index >= 15 is 0 Å². The van der Waals surface area contributed by atoms with E-state index in [2.05, 4.69) is 25.9 Å². The molecule has 1 heterocycles. The third-order valence-corrected chi connectivity index (χ3v) is 5.13. The van der Waals surface area contributed by atoms with Crippen molar-refractivity contribution in [1.82, 2.24) is 0 Å². The lowest BCUT2D eigenvalue weighted by Gasteiger charge is -2.46. The Morgan fingerprint density at radius 2 is 2.00 bits per heavy atom. The Kier molecular flexibility index (Phi) is 4.49. The number of benzene rings is 1. The van der Waals surface area contributed by atoms with Crippen LogP contribution in [0.15, 0.2) is 32.7 Å². The third kappa shape index (κ3) is 2.86. The standard InChI is InChI=1S/C16H20BrN5O2/c1-24-13(23)10-5-6-11(17)12(9-10)22-15(19)20-14(18)21-16(22)7-3-2-4-8-16/h5-6,9H,2-4,7-8H2,1H3,(H4,18,19,20,21). The maximum Gasteiger partial charge on any atom is 0.337 e. The molecule has 1 saturated carbocycles. The Morgan fingerprint density at radius 1 is 1.29 bits per heavy atom. The highest BCUT2D eigenvalue weighted by atomic mass is 79.9. The molecule has 7 nitrogen and oxygen atoms in total. The monoisotopic (exact) mass is 393 g/mol. The van der Waals surface area contributed by atoms with E-state index in [1.54, 1.807) is 18.2 Å². The molecule has 0 aromatic heterocycles. The number of hydrogen-bond acceptors (Lipinski definition) is 7. The van der Waals surface area contributed by atoms with Gasteiger partial charge in [0.25, 0.3) is 0 Å². The smallest absolute Gasteiger partial charge is 0.337 e. The number of anilines is 1. The first-order valence-electron chi connectivity index (χ1n) is 7.84. The summed E-state index contributed by atoms with van der Waals surface area (Å²) in [6.07, 6.45) is 4.90. The van der Waals surface area contributed by atoms with E-state index in [0.29, 0.717) is 5.56 Å². The van der Waals surface area contributed by atoms with Crippen LogP contribution >= 0.6 is 15.9 Å². The first kappa shape index (κ1) is 16.8. The van der Waals surface area contributed by atoms with Crippen LogP contribution in [0.5, 0.6) is 0 Å². The number of ether oxygens (including phenoxy) is 1. The molecular formula is C16H20BrN5O2. The van der Waals surface area contributed by atoms with Gasteiger partial charge in [0.15, 0.2) is 0 Å². The number of halogens is 1. The molecule has 1 fully saturated rings. The van der Waals surface area contributed by atoms with Gasteiger partial charge >= 0.3 is 5.97 Å². The number of guanidine groups is 2. The zero-order valence-electron chi connectivity index (χ0n) is 13.5. The molecule has 1 spiro atoms. The van der Waals surface area contributed by atoms with Crippen LogP contribution in [0.25, 0.3) is 0 Å². The van der Waals surface area contributed by atoms with Gasteiger partial charge in [0.1, 0.15) is 5.66 Å². The van der Waals surface area contributed by atoms with Crippen molar-refractivity contribution in [3.8, 4) is 0 Å². The number of hydrogen-bond donors (Lipinski definition) is 2. The average Bonchev–Trinajstić information content (AvgIpc) is 2.55. The van der Waals surface area contributed by atoms with Gasteiger partial charge in [-0.3, -0.25) is 4.90 Å². The van der Waals surface area contributed by atoms with Crippen LogP contribution in [-0.2, 0) is 4.74 Å². The highest BCUT2D eigenvalue weighted by molar-refractivity contribution is 9.10. The highest BCUT2D eigenvalue weighted by Crippen LogP contribution is 2.42. The molecule has 0 amide bonds. The molecule has 0 bridgehead atoms. The summed E-state index contributed by atoms with van der Waals surface area (Å²) in [5, 5.41) is 0. The van der Waals surface area contributed by atoms with Crippen LogP contribution in [0.1, 0.15) is 42.5 Å². The van der Waals surface area contributed by atoms with Crippen molar-refractivity contribution in [3.05, 3.63) is 28.2 Å². The Balaban J connectivity index is 2.12. The molecule has 0 unspecified atom stereocenters. The second-order valence-electron chi connectivity index (χ2n) is 5.98. The molecule has 1 aromatic carbocycles. The molecule has 128 valence electrons. The number of methoxy groups -OCH3 is 1. The zero-order chi connectivity index (χ0) is 17.3. The van der Waals surface area contributed by atoms with Gasteiger partial charge in [-0.1, -0.05) is 6.42 Å². The molecule has 2 aliphatic rings. The van der Waals surface area contributed by atoms with Gasteiger partial charge in [-0.15, -0.1) is 0 Å². The minimum absolute atomic E-state index is 0.200. The molecule has 0 radical (unpaired) electrons. The fourth-order valence-corrected chi connectivity index (χ4v) is 3.82. The Bertz CT molecular complexity index is 725. The normalized spacial score (nSPS) is 19.7. The van der Waals surface area contributed by atoms with E-state index in [-0.39, 0.29) is 11.9 Å². The number of rotatable bonds is 2. The molecule has 1 aliphatic carbocycles. The average molecular weight is 394 g/mol. The van der Waals surface area contributed by atoms with Gasteiger partial charge in [-0.2, -0.15) is 4.99 Å². The minimum Gasteiger partial charge on any atom is -0.465 e. The van der Waals surface area contributed by atoms with Crippen molar-refractivity contribution in [2.24, 2.45) is 21.5 Å². The predicted molar refractivity (Wildman–Crippen MR) is 97.0 cm³/mol. The number of aliphatic imine (C=N–C) groups is 2. The largest absolute Gasteiger partial charge is 0.465 e. The fraction of sp³-hybridized carbons (Fsp3) is 0.438. The number of esters is 1. The molecule has 4 N–H and O–H groups in total. The van der Waals surface area contributed by atoms with E-state index in [0.717, 1.165) is 42.3 Å². The first-order chi connectivity index (χ1) is 11.5. The Morgan fingerprint density at radius 3 is 2.67 bits per heavy atom. The van der Waals surface area contributed by atoms with Crippen LogP contribution in [-0.4, -0.2) is 30.7 Å². The molecule has 1 aliphatic heterocycles. The van der Waals surface area contributed by atoms with Gasteiger partial charge in [0, 0.05) is 4.47 Å². The van der Waals surface area contributed by atoms with Crippen molar-refractivity contribution < 1.29 is 9.53 Å². The van der Waals surface area contributed by atoms with Crippen molar-refractivity contribution in [3.63, 3.8) is 0 Å². The number of carbonyl (C=O) groups is 1. The molecule has 24 heavy (non-hydrogen) atoms. The van der Waals surface area contributed by atoms with Crippen LogP contribution in [0, 0.1) is 0 Å². The van der Waals surface area contributed by atoms with E-state index in [1.807, 2.05) is 4.90 Å². The fourth-order valence-electron chi connectivity index (χ4n) is 3.40. The maximum absolute atomic E-state index is 11.9. The Hall–Kier alpha value is -2.09. The van der Waals surface area contributed by atoms with Crippen LogP contribution in [0.3, 0.4) is 0 Å². The summed E-state index contributed by atoms with van der Waals surface area (Å²) >= 11 is 3.55. The summed E-state index contributed by atoms with van der Waals surface area (Å²) in [6.45, 7) is 0.